The van der Waals surface area contributed by atoms with Crippen LogP contribution in [-0.2, 0) is 4.79 Å². The minimum atomic E-state index is -0.349. The zero-order chi connectivity index (χ0) is 22.8. The van der Waals surface area contributed by atoms with Crippen LogP contribution in [-0.4, -0.2) is 26.9 Å². The van der Waals surface area contributed by atoms with Crippen LogP contribution in [0.5, 0.6) is 0 Å². The fourth-order valence-electron chi connectivity index (χ4n) is 4.65. The molecular formula is C26H30ClN3O2. The van der Waals surface area contributed by atoms with Gasteiger partial charge in [0.05, 0.1) is 22.6 Å². The summed E-state index contributed by atoms with van der Waals surface area (Å²) < 4.78 is 1.64. The first-order valence-corrected chi connectivity index (χ1v) is 11.8. The number of hydrogen-bond acceptors (Lipinski definition) is 3. The van der Waals surface area contributed by atoms with Crippen molar-refractivity contribution < 1.29 is 4.79 Å². The number of rotatable bonds is 6. The highest BCUT2D eigenvalue weighted by atomic mass is 35.5. The second kappa shape index (κ2) is 9.45. The number of carbonyl (C=O) groups is 1. The van der Waals surface area contributed by atoms with Crippen molar-refractivity contribution >= 4 is 28.4 Å². The topological polar surface area (TPSA) is 55.2 Å². The maximum absolute atomic E-state index is 13.6. The van der Waals surface area contributed by atoms with Crippen LogP contribution in [0.4, 0.5) is 0 Å². The van der Waals surface area contributed by atoms with Crippen molar-refractivity contribution in [2.24, 2.45) is 11.8 Å². The predicted octanol–water partition coefficient (Wildman–Crippen LogP) is 5.77. The van der Waals surface area contributed by atoms with Crippen LogP contribution < -0.4 is 5.56 Å². The molecule has 1 atom stereocenters. The summed E-state index contributed by atoms with van der Waals surface area (Å²) >= 11 is 6.10. The first-order valence-electron chi connectivity index (χ1n) is 11.4. The molecule has 1 aliphatic rings. The molecule has 0 aliphatic heterocycles. The number of amides is 1. The van der Waals surface area contributed by atoms with Crippen molar-refractivity contribution in [1.29, 1.82) is 0 Å². The molecule has 0 N–H and O–H groups in total. The lowest BCUT2D eigenvalue weighted by Gasteiger charge is -2.33. The monoisotopic (exact) mass is 451 g/mol. The van der Waals surface area contributed by atoms with Gasteiger partial charge in [0.1, 0.15) is 5.82 Å². The summed E-state index contributed by atoms with van der Waals surface area (Å²) in [6.07, 6.45) is 4.08. The molecular weight excluding hydrogens is 422 g/mol. The van der Waals surface area contributed by atoms with E-state index in [1.54, 1.807) is 22.8 Å². The van der Waals surface area contributed by atoms with Gasteiger partial charge in [-0.05, 0) is 62.1 Å². The van der Waals surface area contributed by atoms with Gasteiger partial charge in [-0.25, -0.2) is 4.98 Å². The second-order valence-electron chi connectivity index (χ2n) is 9.15. The van der Waals surface area contributed by atoms with Crippen molar-refractivity contribution in [1.82, 2.24) is 14.5 Å². The predicted molar refractivity (Wildman–Crippen MR) is 129 cm³/mol. The summed E-state index contributed by atoms with van der Waals surface area (Å²) in [6, 6.07) is 14.2. The van der Waals surface area contributed by atoms with E-state index in [1.165, 1.54) is 0 Å². The molecule has 1 aromatic heterocycles. The maximum Gasteiger partial charge on any atom is 0.266 e. The Labute approximate surface area is 194 Å². The number of carbonyl (C=O) groups excluding carboxylic acids is 1. The van der Waals surface area contributed by atoms with Gasteiger partial charge in [-0.2, -0.15) is 0 Å². The van der Waals surface area contributed by atoms with Crippen molar-refractivity contribution in [2.75, 3.05) is 6.54 Å². The van der Waals surface area contributed by atoms with Crippen molar-refractivity contribution in [2.45, 2.75) is 52.5 Å². The minimum absolute atomic E-state index is 0.0624. The summed E-state index contributed by atoms with van der Waals surface area (Å²) in [4.78, 5) is 34.0. The van der Waals surface area contributed by atoms with Gasteiger partial charge in [-0.3, -0.25) is 14.2 Å². The van der Waals surface area contributed by atoms with Gasteiger partial charge >= 0.3 is 0 Å². The van der Waals surface area contributed by atoms with Crippen LogP contribution in [0.1, 0.15) is 58.3 Å². The Hall–Kier alpha value is -2.66. The standard InChI is InChI=1S/C26H30ClN3O2/c1-17(2)16-29(25(31)19-8-4-5-9-19)18(3)24-28-23-11-7-6-10-22(23)26(32)30(24)21-14-12-20(27)13-15-21/h6-7,10-15,17-19H,4-5,8-9,16H2,1-3H3. The molecule has 0 radical (unpaired) electrons. The Morgan fingerprint density at radius 3 is 2.41 bits per heavy atom. The van der Waals surface area contributed by atoms with Crippen LogP contribution in [0.2, 0.25) is 5.02 Å². The Morgan fingerprint density at radius 1 is 1.09 bits per heavy atom. The maximum atomic E-state index is 13.6. The summed E-state index contributed by atoms with van der Waals surface area (Å²) in [6.45, 7) is 6.83. The number of halogens is 1. The molecule has 1 saturated carbocycles. The highest BCUT2D eigenvalue weighted by molar-refractivity contribution is 6.30. The van der Waals surface area contributed by atoms with E-state index >= 15 is 0 Å². The fourth-order valence-corrected chi connectivity index (χ4v) is 4.77. The SMILES string of the molecule is CC(C)CN(C(=O)C1CCCC1)C(C)c1nc2ccccc2c(=O)n1-c1ccc(Cl)cc1. The smallest absolute Gasteiger partial charge is 0.266 e. The van der Waals surface area contributed by atoms with Gasteiger partial charge in [0, 0.05) is 17.5 Å². The molecule has 168 valence electrons. The van der Waals surface area contributed by atoms with E-state index in [-0.39, 0.29) is 23.4 Å². The van der Waals surface area contributed by atoms with Crippen molar-refractivity contribution in [3.05, 3.63) is 69.7 Å². The highest BCUT2D eigenvalue weighted by Crippen LogP contribution is 2.31. The fraction of sp³-hybridized carbons (Fsp3) is 0.423. The van der Waals surface area contributed by atoms with E-state index in [4.69, 9.17) is 16.6 Å². The number of benzene rings is 2. The molecule has 6 heteroatoms. The summed E-state index contributed by atoms with van der Waals surface area (Å²) in [5, 5.41) is 1.15. The number of hydrogen-bond donors (Lipinski definition) is 0. The molecule has 32 heavy (non-hydrogen) atoms. The largest absolute Gasteiger partial charge is 0.332 e. The Balaban J connectivity index is 1.88. The third-order valence-electron chi connectivity index (χ3n) is 6.28. The second-order valence-corrected chi connectivity index (χ2v) is 9.58. The number of aromatic nitrogens is 2. The van der Waals surface area contributed by atoms with E-state index in [0.29, 0.717) is 39.9 Å². The molecule has 1 heterocycles. The van der Waals surface area contributed by atoms with Crippen LogP contribution in [0, 0.1) is 11.8 Å². The minimum Gasteiger partial charge on any atom is -0.332 e. The summed E-state index contributed by atoms with van der Waals surface area (Å²) in [7, 11) is 0. The van der Waals surface area contributed by atoms with Crippen molar-refractivity contribution in [3.63, 3.8) is 0 Å². The van der Waals surface area contributed by atoms with E-state index < -0.39 is 0 Å². The van der Waals surface area contributed by atoms with E-state index in [2.05, 4.69) is 13.8 Å². The lowest BCUT2D eigenvalue weighted by atomic mass is 10.0. The number of fused-ring (bicyclic) bond motifs is 1. The Bertz CT molecular complexity index is 1160. The van der Waals surface area contributed by atoms with Gasteiger partial charge in [0.2, 0.25) is 5.91 Å². The lowest BCUT2D eigenvalue weighted by molar-refractivity contribution is -0.138. The van der Waals surface area contributed by atoms with Gasteiger partial charge in [-0.15, -0.1) is 0 Å². The van der Waals surface area contributed by atoms with Gasteiger partial charge in [-0.1, -0.05) is 50.4 Å². The first kappa shape index (κ1) is 22.5. The molecule has 5 nitrogen and oxygen atoms in total. The first-order chi connectivity index (χ1) is 15.4. The molecule has 0 bridgehead atoms. The van der Waals surface area contributed by atoms with Crippen molar-refractivity contribution in [3.8, 4) is 5.69 Å². The van der Waals surface area contributed by atoms with Gasteiger partial charge in [0.25, 0.3) is 5.56 Å². The molecule has 0 saturated heterocycles. The zero-order valence-corrected chi connectivity index (χ0v) is 19.7. The highest BCUT2D eigenvalue weighted by Gasteiger charge is 2.33. The molecule has 4 rings (SSSR count). The van der Waals surface area contributed by atoms with Gasteiger partial charge < -0.3 is 4.90 Å². The van der Waals surface area contributed by atoms with Gasteiger partial charge in [0.15, 0.2) is 0 Å². The molecule has 1 amide bonds. The molecule has 1 unspecified atom stereocenters. The van der Waals surface area contributed by atoms with E-state index in [9.17, 15) is 9.59 Å². The zero-order valence-electron chi connectivity index (χ0n) is 18.9. The van der Waals surface area contributed by atoms with Crippen LogP contribution in [0.25, 0.3) is 16.6 Å². The number of nitrogens with zero attached hydrogens (tertiary/aromatic N) is 3. The van der Waals surface area contributed by atoms with E-state index in [0.717, 1.165) is 25.7 Å². The Morgan fingerprint density at radius 2 is 1.75 bits per heavy atom. The average Bonchev–Trinajstić information content (AvgIpc) is 3.32. The van der Waals surface area contributed by atoms with Crippen LogP contribution >= 0.6 is 11.6 Å². The summed E-state index contributed by atoms with van der Waals surface area (Å²) in [5.74, 6) is 1.11. The van der Waals surface area contributed by atoms with Crippen LogP contribution in [0.15, 0.2) is 53.3 Å². The molecule has 3 aromatic rings. The number of para-hydroxylation sites is 1. The molecule has 1 fully saturated rings. The quantitative estimate of drug-likeness (QED) is 0.477. The lowest BCUT2D eigenvalue weighted by Crippen LogP contribution is -2.42. The normalized spacial score (nSPS) is 15.4. The van der Waals surface area contributed by atoms with E-state index in [1.807, 2.05) is 42.2 Å². The average molecular weight is 452 g/mol. The third kappa shape index (κ3) is 4.44. The van der Waals surface area contributed by atoms with Crippen LogP contribution in [0.3, 0.4) is 0 Å². The molecule has 0 spiro atoms. The third-order valence-corrected chi connectivity index (χ3v) is 6.53. The summed E-state index contributed by atoms with van der Waals surface area (Å²) in [5.41, 5.74) is 1.19. The molecule has 1 aliphatic carbocycles. The Kier molecular flexibility index (Phi) is 6.66. The molecule has 2 aromatic carbocycles.